The first kappa shape index (κ1) is 17.7. The van der Waals surface area contributed by atoms with Gasteiger partial charge in [0.1, 0.15) is 0 Å². The Bertz CT molecular complexity index is 1360. The second kappa shape index (κ2) is 6.16. The number of aliphatic hydroxyl groups excluding tert-OH is 1. The second-order valence-corrected chi connectivity index (χ2v) is 6.35. The number of nitro groups is 1. The lowest BCUT2D eigenvalue weighted by Crippen LogP contribution is -2.37. The fraction of sp³-hybridized carbons (Fsp3) is 0.235. The predicted octanol–water partition coefficient (Wildman–Crippen LogP) is 0.254. The summed E-state index contributed by atoms with van der Waals surface area (Å²) in [5.74, 6) is 0.385. The van der Waals surface area contributed by atoms with Crippen molar-refractivity contribution in [3.8, 4) is 11.3 Å². The van der Waals surface area contributed by atoms with E-state index in [1.54, 1.807) is 27.3 Å². The number of aryl methyl sites for hydroxylation is 1. The maximum atomic E-state index is 12.7. The minimum absolute atomic E-state index is 0.0388. The summed E-state index contributed by atoms with van der Waals surface area (Å²) >= 11 is 0. The molecule has 0 spiro atoms. The Labute approximate surface area is 156 Å². The van der Waals surface area contributed by atoms with Gasteiger partial charge >= 0.3 is 5.69 Å². The van der Waals surface area contributed by atoms with Crippen LogP contribution in [0.25, 0.3) is 28.2 Å². The molecule has 0 saturated carbocycles. The first-order valence-corrected chi connectivity index (χ1v) is 8.38. The van der Waals surface area contributed by atoms with Crippen LogP contribution in [0.15, 0.2) is 40.1 Å². The van der Waals surface area contributed by atoms with Crippen molar-refractivity contribution in [3.05, 3.63) is 61.4 Å². The van der Waals surface area contributed by atoms with Gasteiger partial charge < -0.3 is 9.67 Å². The number of rotatable bonds is 4. The van der Waals surface area contributed by atoms with Crippen LogP contribution in [0.4, 0.5) is 5.69 Å². The van der Waals surface area contributed by atoms with Gasteiger partial charge in [-0.15, -0.1) is 0 Å². The molecule has 3 heterocycles. The van der Waals surface area contributed by atoms with E-state index in [-0.39, 0.29) is 30.0 Å². The second-order valence-electron chi connectivity index (χ2n) is 6.35. The lowest BCUT2D eigenvalue weighted by atomic mass is 10.1. The van der Waals surface area contributed by atoms with Crippen molar-refractivity contribution in [2.45, 2.75) is 6.54 Å². The first-order chi connectivity index (χ1) is 13.3. The van der Waals surface area contributed by atoms with E-state index in [1.807, 2.05) is 0 Å². The Hall–Kier alpha value is -3.73. The molecule has 144 valence electrons. The summed E-state index contributed by atoms with van der Waals surface area (Å²) in [6.45, 7) is 0.0187. The summed E-state index contributed by atoms with van der Waals surface area (Å²) in [5, 5.41) is 20.4. The van der Waals surface area contributed by atoms with Gasteiger partial charge in [0.25, 0.3) is 11.2 Å². The first-order valence-electron chi connectivity index (χ1n) is 8.38. The SMILES string of the molecule is Cn1c(=O)c2c(nc3n(CCO)c(-c4ccc([N+](=O)[O-])cc4)cn23)n(C)c1=O. The summed E-state index contributed by atoms with van der Waals surface area (Å²) in [6, 6.07) is 5.96. The molecule has 0 radical (unpaired) electrons. The number of non-ortho nitro benzene ring substituents is 1. The number of imidazole rings is 2. The molecule has 11 heteroatoms. The normalized spacial score (nSPS) is 11.5. The van der Waals surface area contributed by atoms with E-state index in [4.69, 9.17) is 0 Å². The Morgan fingerprint density at radius 2 is 1.82 bits per heavy atom. The molecule has 4 rings (SSSR count). The van der Waals surface area contributed by atoms with Gasteiger partial charge in [-0.3, -0.25) is 28.4 Å². The van der Waals surface area contributed by atoms with Crippen molar-refractivity contribution in [2.24, 2.45) is 14.1 Å². The van der Waals surface area contributed by atoms with E-state index in [0.29, 0.717) is 17.0 Å². The molecule has 0 unspecified atom stereocenters. The molecule has 3 aromatic heterocycles. The number of aromatic nitrogens is 5. The fourth-order valence-corrected chi connectivity index (χ4v) is 3.32. The van der Waals surface area contributed by atoms with Crippen molar-refractivity contribution >= 4 is 22.6 Å². The van der Waals surface area contributed by atoms with Gasteiger partial charge in [0.15, 0.2) is 11.2 Å². The summed E-state index contributed by atoms with van der Waals surface area (Å²) in [5.41, 5.74) is 0.765. The molecule has 0 aliphatic rings. The van der Waals surface area contributed by atoms with Crippen molar-refractivity contribution in [3.63, 3.8) is 0 Å². The third-order valence-corrected chi connectivity index (χ3v) is 4.75. The molecule has 0 amide bonds. The van der Waals surface area contributed by atoms with Crippen LogP contribution in [0, 0.1) is 10.1 Å². The lowest BCUT2D eigenvalue weighted by Gasteiger charge is -2.07. The van der Waals surface area contributed by atoms with E-state index in [1.165, 1.54) is 30.8 Å². The third-order valence-electron chi connectivity index (χ3n) is 4.75. The van der Waals surface area contributed by atoms with Crippen LogP contribution in [0.5, 0.6) is 0 Å². The van der Waals surface area contributed by atoms with Crippen molar-refractivity contribution in [2.75, 3.05) is 6.61 Å². The smallest absolute Gasteiger partial charge is 0.332 e. The van der Waals surface area contributed by atoms with Crippen molar-refractivity contribution in [1.82, 2.24) is 23.1 Å². The quantitative estimate of drug-likeness (QED) is 0.397. The minimum Gasteiger partial charge on any atom is -0.395 e. The Kier molecular flexibility index (Phi) is 3.89. The highest BCUT2D eigenvalue weighted by Gasteiger charge is 2.21. The number of hydrogen-bond acceptors (Lipinski definition) is 6. The average Bonchev–Trinajstić information content (AvgIpc) is 3.22. The summed E-state index contributed by atoms with van der Waals surface area (Å²) in [6.07, 6.45) is 1.67. The zero-order valence-corrected chi connectivity index (χ0v) is 15.1. The van der Waals surface area contributed by atoms with Crippen LogP contribution >= 0.6 is 0 Å². The Morgan fingerprint density at radius 3 is 2.43 bits per heavy atom. The summed E-state index contributed by atoms with van der Waals surface area (Å²) in [7, 11) is 2.93. The highest BCUT2D eigenvalue weighted by molar-refractivity contribution is 5.78. The molecule has 4 aromatic rings. The molecule has 1 aromatic carbocycles. The zero-order valence-electron chi connectivity index (χ0n) is 15.1. The van der Waals surface area contributed by atoms with Crippen molar-refractivity contribution < 1.29 is 10.0 Å². The van der Waals surface area contributed by atoms with Crippen LogP contribution in [0.3, 0.4) is 0 Å². The highest BCUT2D eigenvalue weighted by atomic mass is 16.6. The highest BCUT2D eigenvalue weighted by Crippen LogP contribution is 2.26. The molecule has 11 nitrogen and oxygen atoms in total. The third kappa shape index (κ3) is 2.36. The number of hydrogen-bond donors (Lipinski definition) is 1. The van der Waals surface area contributed by atoms with Gasteiger partial charge in [-0.25, -0.2) is 4.79 Å². The Balaban J connectivity index is 2.06. The lowest BCUT2D eigenvalue weighted by molar-refractivity contribution is -0.384. The molecule has 1 N–H and O–H groups in total. The van der Waals surface area contributed by atoms with Gasteiger partial charge in [-0.1, -0.05) is 0 Å². The minimum atomic E-state index is -0.485. The van der Waals surface area contributed by atoms with Crippen LogP contribution in [-0.4, -0.2) is 39.7 Å². The topological polar surface area (TPSA) is 130 Å². The zero-order chi connectivity index (χ0) is 20.2. The summed E-state index contributed by atoms with van der Waals surface area (Å²) in [4.78, 5) is 39.7. The molecule has 28 heavy (non-hydrogen) atoms. The molecule has 0 atom stereocenters. The van der Waals surface area contributed by atoms with Gasteiger partial charge in [0.05, 0.1) is 17.2 Å². The largest absolute Gasteiger partial charge is 0.395 e. The fourth-order valence-electron chi connectivity index (χ4n) is 3.32. The molecule has 0 bridgehead atoms. The van der Waals surface area contributed by atoms with E-state index in [2.05, 4.69) is 4.98 Å². The maximum absolute atomic E-state index is 12.7. The monoisotopic (exact) mass is 384 g/mol. The number of nitro benzene ring substituents is 1. The number of fused-ring (bicyclic) bond motifs is 3. The summed E-state index contributed by atoms with van der Waals surface area (Å²) < 4.78 is 5.57. The van der Waals surface area contributed by atoms with E-state index < -0.39 is 16.2 Å². The molecule has 0 aliphatic heterocycles. The number of benzene rings is 1. The van der Waals surface area contributed by atoms with Gasteiger partial charge in [0.2, 0.25) is 5.78 Å². The van der Waals surface area contributed by atoms with Crippen LogP contribution < -0.4 is 11.2 Å². The molecule has 0 fully saturated rings. The van der Waals surface area contributed by atoms with Gasteiger partial charge in [-0.2, -0.15) is 4.98 Å². The molecule has 0 aliphatic carbocycles. The average molecular weight is 384 g/mol. The van der Waals surface area contributed by atoms with Gasteiger partial charge in [-0.05, 0) is 12.1 Å². The van der Waals surface area contributed by atoms with E-state index in [0.717, 1.165) is 4.57 Å². The Morgan fingerprint density at radius 1 is 1.14 bits per heavy atom. The molecular weight excluding hydrogens is 368 g/mol. The van der Waals surface area contributed by atoms with Crippen LogP contribution in [0.1, 0.15) is 0 Å². The van der Waals surface area contributed by atoms with Gasteiger partial charge in [0, 0.05) is 44.5 Å². The molecular formula is C17H16N6O5. The number of nitrogens with zero attached hydrogens (tertiary/aromatic N) is 6. The predicted molar refractivity (Wildman–Crippen MR) is 100 cm³/mol. The van der Waals surface area contributed by atoms with Crippen molar-refractivity contribution in [1.29, 1.82) is 0 Å². The van der Waals surface area contributed by atoms with E-state index >= 15 is 0 Å². The number of aliphatic hydroxyl groups is 1. The van der Waals surface area contributed by atoms with E-state index in [9.17, 15) is 24.8 Å². The maximum Gasteiger partial charge on any atom is 0.332 e. The standard InChI is InChI=1S/C17H16N6O5/c1-19-14-13(15(25)20(2)17(19)26)22-9-12(21(7-8-24)16(22)18-14)10-3-5-11(6-4-10)23(27)28/h3-6,9,24H,7-8H2,1-2H3. The van der Waals surface area contributed by atoms with Crippen LogP contribution in [-0.2, 0) is 20.6 Å². The molecule has 0 saturated heterocycles. The van der Waals surface area contributed by atoms with Crippen LogP contribution in [0.2, 0.25) is 0 Å².